The maximum Gasteiger partial charge on any atom is 0.138 e. The number of pyridine rings is 1. The first-order valence-electron chi connectivity index (χ1n) is 10.8. The zero-order valence-corrected chi connectivity index (χ0v) is 18.3. The molecule has 5 nitrogen and oxygen atoms in total. The average Bonchev–Trinajstić information content (AvgIpc) is 2.69. The molecule has 0 amide bonds. The number of piperidine rings is 1. The van der Waals surface area contributed by atoms with E-state index in [1.165, 1.54) is 5.56 Å². The minimum Gasteiger partial charge on any atom is -0.356 e. The summed E-state index contributed by atoms with van der Waals surface area (Å²) in [4.78, 5) is 7.35. The highest BCUT2D eigenvalue weighted by Gasteiger charge is 2.23. The van der Waals surface area contributed by atoms with Gasteiger partial charge in [-0.2, -0.15) is 0 Å². The molecule has 0 spiro atoms. The van der Waals surface area contributed by atoms with Crippen LogP contribution < -0.4 is 10.2 Å². The second-order valence-corrected chi connectivity index (χ2v) is 8.88. The summed E-state index contributed by atoms with van der Waals surface area (Å²) in [5.74, 6) is 1.61. The van der Waals surface area contributed by atoms with Gasteiger partial charge in [-0.05, 0) is 70.2 Å². The molecule has 29 heavy (non-hydrogen) atoms. The van der Waals surface area contributed by atoms with Gasteiger partial charge in [-0.15, -0.1) is 0 Å². The average molecular weight is 394 g/mol. The molecule has 3 rings (SSSR count). The number of nitrogens with one attached hydrogen (secondary N) is 3. The molecular formula is C24H35N5. The van der Waals surface area contributed by atoms with E-state index >= 15 is 0 Å². The Morgan fingerprint density at radius 3 is 2.55 bits per heavy atom. The molecular weight excluding hydrogens is 358 g/mol. The second-order valence-electron chi connectivity index (χ2n) is 8.88. The summed E-state index contributed by atoms with van der Waals surface area (Å²) >= 11 is 0. The lowest BCUT2D eigenvalue weighted by molar-refractivity contribution is 0.392. The molecule has 2 heterocycles. The van der Waals surface area contributed by atoms with Gasteiger partial charge in [-0.25, -0.2) is 4.98 Å². The van der Waals surface area contributed by atoms with Crippen molar-refractivity contribution in [3.8, 4) is 0 Å². The molecule has 156 valence electrons. The van der Waals surface area contributed by atoms with Crippen molar-refractivity contribution in [3.05, 3.63) is 35.4 Å². The third-order valence-electron chi connectivity index (χ3n) is 5.63. The van der Waals surface area contributed by atoms with Crippen LogP contribution in [0.2, 0.25) is 0 Å². The highest BCUT2D eigenvalue weighted by molar-refractivity contribution is 6.06. The van der Waals surface area contributed by atoms with Crippen LogP contribution in [0.3, 0.4) is 0 Å². The molecule has 1 aliphatic rings. The van der Waals surface area contributed by atoms with Crippen LogP contribution in [0.4, 0.5) is 5.82 Å². The van der Waals surface area contributed by atoms with Crippen molar-refractivity contribution >= 4 is 28.1 Å². The van der Waals surface area contributed by atoms with Gasteiger partial charge in [-0.3, -0.25) is 0 Å². The first kappa shape index (κ1) is 21.4. The number of nitrogens with zero attached hydrogens (tertiary/aromatic N) is 2. The summed E-state index contributed by atoms with van der Waals surface area (Å²) in [5.41, 5.74) is 4.33. The van der Waals surface area contributed by atoms with Gasteiger partial charge in [-0.1, -0.05) is 25.5 Å². The van der Waals surface area contributed by atoms with E-state index in [1.54, 1.807) is 0 Å². The Balaban J connectivity index is 1.85. The highest BCUT2D eigenvalue weighted by Crippen LogP contribution is 2.28. The first-order chi connectivity index (χ1) is 13.8. The highest BCUT2D eigenvalue weighted by atomic mass is 15.2. The van der Waals surface area contributed by atoms with Crippen LogP contribution in [0.5, 0.6) is 0 Å². The molecule has 1 saturated heterocycles. The topological polar surface area (TPSA) is 75.9 Å². The van der Waals surface area contributed by atoms with Gasteiger partial charge < -0.3 is 21.0 Å². The molecule has 0 saturated carbocycles. The Morgan fingerprint density at radius 2 is 1.90 bits per heavy atom. The van der Waals surface area contributed by atoms with E-state index in [4.69, 9.17) is 15.8 Å². The molecule has 5 heteroatoms. The molecule has 1 aromatic carbocycles. The smallest absolute Gasteiger partial charge is 0.138 e. The van der Waals surface area contributed by atoms with E-state index in [1.807, 2.05) is 6.92 Å². The largest absolute Gasteiger partial charge is 0.356 e. The normalized spacial score (nSPS) is 15.3. The molecule has 0 unspecified atom stereocenters. The van der Waals surface area contributed by atoms with Crippen LogP contribution in [0, 0.1) is 23.7 Å². The number of benzene rings is 1. The lowest BCUT2D eigenvalue weighted by Crippen LogP contribution is -2.44. The van der Waals surface area contributed by atoms with Crippen LogP contribution in [0.1, 0.15) is 57.6 Å². The number of rotatable bonds is 8. The number of aryl methyl sites for hydroxylation is 1. The van der Waals surface area contributed by atoms with Crippen LogP contribution in [0.15, 0.2) is 24.3 Å². The van der Waals surface area contributed by atoms with Gasteiger partial charge in [0, 0.05) is 41.5 Å². The van der Waals surface area contributed by atoms with Crippen molar-refractivity contribution in [2.45, 2.75) is 59.4 Å². The first-order valence-corrected chi connectivity index (χ1v) is 10.8. The zero-order chi connectivity index (χ0) is 21.0. The summed E-state index contributed by atoms with van der Waals surface area (Å²) < 4.78 is 0. The third-order valence-corrected chi connectivity index (χ3v) is 5.63. The predicted molar refractivity (Wildman–Crippen MR) is 124 cm³/mol. The summed E-state index contributed by atoms with van der Waals surface area (Å²) in [6, 6.07) is 9.03. The summed E-state index contributed by atoms with van der Waals surface area (Å²) in [5, 5.41) is 21.2. The predicted octanol–water partition coefficient (Wildman–Crippen LogP) is 4.95. The van der Waals surface area contributed by atoms with E-state index in [0.29, 0.717) is 36.2 Å². The van der Waals surface area contributed by atoms with Crippen molar-refractivity contribution < 1.29 is 0 Å². The van der Waals surface area contributed by atoms with Crippen LogP contribution in [-0.4, -0.2) is 42.1 Å². The second kappa shape index (κ2) is 9.49. The van der Waals surface area contributed by atoms with Crippen molar-refractivity contribution in [2.75, 3.05) is 24.5 Å². The standard InChI is InChI=1S/C24H35N5/c1-16(2)15-27-20-9-11-29(12-10-20)24-21(22(26)7-6-18(4)25)14-19-13-17(3)5-8-23(19)28-24/h5,8,13-14,16,20,25-27H,6-7,9-12,15H2,1-4H3. The Kier molecular flexibility index (Phi) is 7.01. The van der Waals surface area contributed by atoms with Crippen molar-refractivity contribution in [1.82, 2.24) is 10.3 Å². The van der Waals surface area contributed by atoms with Gasteiger partial charge >= 0.3 is 0 Å². The monoisotopic (exact) mass is 393 g/mol. The fourth-order valence-corrected chi connectivity index (χ4v) is 3.89. The van der Waals surface area contributed by atoms with Crippen LogP contribution in [0.25, 0.3) is 10.9 Å². The van der Waals surface area contributed by atoms with E-state index in [2.05, 4.69) is 55.3 Å². The van der Waals surface area contributed by atoms with Gasteiger partial charge in [0.25, 0.3) is 0 Å². The van der Waals surface area contributed by atoms with Crippen LogP contribution >= 0.6 is 0 Å². The van der Waals surface area contributed by atoms with Gasteiger partial charge in [0.1, 0.15) is 5.82 Å². The molecule has 1 aliphatic heterocycles. The molecule has 0 radical (unpaired) electrons. The lowest BCUT2D eigenvalue weighted by atomic mass is 9.99. The molecule has 2 aromatic rings. The Labute approximate surface area is 174 Å². The molecule has 0 aliphatic carbocycles. The van der Waals surface area contributed by atoms with Crippen LogP contribution in [-0.2, 0) is 0 Å². The molecule has 1 aromatic heterocycles. The number of anilines is 1. The quantitative estimate of drug-likeness (QED) is 0.556. The van der Waals surface area contributed by atoms with Gasteiger partial charge in [0.05, 0.1) is 5.52 Å². The summed E-state index contributed by atoms with van der Waals surface area (Å²) in [6.45, 7) is 11.4. The Hall–Kier alpha value is -2.27. The molecule has 1 fully saturated rings. The zero-order valence-electron chi connectivity index (χ0n) is 18.3. The Morgan fingerprint density at radius 1 is 1.17 bits per heavy atom. The maximum atomic E-state index is 8.69. The van der Waals surface area contributed by atoms with Crippen molar-refractivity contribution in [3.63, 3.8) is 0 Å². The fraction of sp³-hybridized carbons (Fsp3) is 0.542. The molecule has 3 N–H and O–H groups in total. The minimum absolute atomic E-state index is 0.570. The minimum atomic E-state index is 0.570. The summed E-state index contributed by atoms with van der Waals surface area (Å²) in [7, 11) is 0. The van der Waals surface area contributed by atoms with E-state index < -0.39 is 0 Å². The van der Waals surface area contributed by atoms with E-state index in [0.717, 1.165) is 54.8 Å². The van der Waals surface area contributed by atoms with Gasteiger partial charge in [0.2, 0.25) is 0 Å². The van der Waals surface area contributed by atoms with Gasteiger partial charge in [0.15, 0.2) is 0 Å². The molecule has 0 atom stereocenters. The SMILES string of the molecule is CC(=N)CCC(=N)c1cc2cc(C)ccc2nc1N1CCC(NCC(C)C)CC1. The van der Waals surface area contributed by atoms with E-state index in [9.17, 15) is 0 Å². The van der Waals surface area contributed by atoms with Crippen molar-refractivity contribution in [2.24, 2.45) is 5.92 Å². The van der Waals surface area contributed by atoms with Crippen molar-refractivity contribution in [1.29, 1.82) is 10.8 Å². The number of hydrogen-bond acceptors (Lipinski definition) is 5. The third kappa shape index (κ3) is 5.63. The molecule has 0 bridgehead atoms. The fourth-order valence-electron chi connectivity index (χ4n) is 3.89. The maximum absolute atomic E-state index is 8.69. The van der Waals surface area contributed by atoms with E-state index in [-0.39, 0.29) is 0 Å². The Bertz CT molecular complexity index is 878. The number of fused-ring (bicyclic) bond motifs is 1. The lowest BCUT2D eigenvalue weighted by Gasteiger charge is -2.35. The number of aromatic nitrogens is 1. The summed E-state index contributed by atoms with van der Waals surface area (Å²) in [6.07, 6.45) is 3.43. The number of hydrogen-bond donors (Lipinski definition) is 3.